The second kappa shape index (κ2) is 4.22. The monoisotopic (exact) mass is 209 g/mol. The molecule has 1 aliphatic carbocycles. The van der Waals surface area contributed by atoms with Gasteiger partial charge < -0.3 is 0 Å². The second-order valence-electron chi connectivity index (χ2n) is 4.06. The molecule has 0 N–H and O–H groups in total. The van der Waals surface area contributed by atoms with Crippen LogP contribution >= 0.6 is 11.3 Å². The van der Waals surface area contributed by atoms with Crippen LogP contribution < -0.4 is 0 Å². The minimum absolute atomic E-state index is 0.349. The summed E-state index contributed by atoms with van der Waals surface area (Å²) in [7, 11) is 0. The van der Waals surface area contributed by atoms with Crippen LogP contribution in [0, 0.1) is 12.8 Å². The van der Waals surface area contributed by atoms with Gasteiger partial charge in [0.05, 0.1) is 10.7 Å². The number of hydrogen-bond donors (Lipinski definition) is 0. The Morgan fingerprint density at radius 3 is 3.00 bits per heavy atom. The number of carbonyl (C=O) groups is 1. The first-order valence-corrected chi connectivity index (χ1v) is 6.04. The third-order valence-corrected chi connectivity index (χ3v) is 3.40. The van der Waals surface area contributed by atoms with Crippen molar-refractivity contribution >= 4 is 17.1 Å². The largest absolute Gasteiger partial charge is 0.299 e. The molecular formula is C11H15NOS. The molecule has 3 heteroatoms. The Morgan fingerprint density at radius 1 is 1.64 bits per heavy atom. The summed E-state index contributed by atoms with van der Waals surface area (Å²) < 4.78 is 0. The third-order valence-electron chi connectivity index (χ3n) is 2.57. The summed E-state index contributed by atoms with van der Waals surface area (Å²) in [5, 5.41) is 3.04. The maximum Gasteiger partial charge on any atom is 0.138 e. The van der Waals surface area contributed by atoms with Crippen molar-refractivity contribution in [3.05, 3.63) is 16.1 Å². The number of ketones is 1. The van der Waals surface area contributed by atoms with Gasteiger partial charge in [0.15, 0.2) is 0 Å². The second-order valence-corrected chi connectivity index (χ2v) is 5.12. The molecule has 0 saturated heterocycles. The van der Waals surface area contributed by atoms with Crippen LogP contribution in [0.5, 0.6) is 0 Å². The molecule has 0 amide bonds. The van der Waals surface area contributed by atoms with Crippen molar-refractivity contribution in [3.8, 4) is 0 Å². The Hall–Kier alpha value is -0.700. The van der Waals surface area contributed by atoms with E-state index in [1.54, 1.807) is 11.3 Å². The predicted octanol–water partition coefficient (Wildman–Crippen LogP) is 2.75. The van der Waals surface area contributed by atoms with E-state index in [0.717, 1.165) is 29.5 Å². The molecule has 0 bridgehead atoms. The van der Waals surface area contributed by atoms with Gasteiger partial charge in [-0.2, -0.15) is 0 Å². The Morgan fingerprint density at radius 2 is 2.43 bits per heavy atom. The van der Waals surface area contributed by atoms with Crippen LogP contribution in [-0.4, -0.2) is 10.8 Å². The predicted molar refractivity (Wildman–Crippen MR) is 57.5 cm³/mol. The Bertz CT molecular complexity index is 328. The fourth-order valence-electron chi connectivity index (χ4n) is 1.55. The molecule has 0 atom stereocenters. The lowest BCUT2D eigenvalue weighted by Gasteiger charge is -1.96. The fraction of sp³-hybridized carbons (Fsp3) is 0.636. The molecular weight excluding hydrogens is 194 g/mol. The zero-order valence-electron chi connectivity index (χ0n) is 8.45. The molecule has 1 aromatic heterocycles. The van der Waals surface area contributed by atoms with Crippen molar-refractivity contribution in [2.24, 2.45) is 5.92 Å². The molecule has 1 fully saturated rings. The molecule has 1 heterocycles. The maximum absolute atomic E-state index is 11.5. The first kappa shape index (κ1) is 9.84. The highest BCUT2D eigenvalue weighted by Crippen LogP contribution is 2.33. The third kappa shape index (κ3) is 2.91. The fourth-order valence-corrected chi connectivity index (χ4v) is 2.16. The standard InChI is InChI=1S/C11H15NOS/c1-8-12-10(7-14-8)6-11(13)5-4-9-2-3-9/h7,9H,2-6H2,1H3. The van der Waals surface area contributed by atoms with Crippen molar-refractivity contribution in [2.45, 2.75) is 39.0 Å². The smallest absolute Gasteiger partial charge is 0.138 e. The summed E-state index contributed by atoms with van der Waals surface area (Å²) in [4.78, 5) is 15.8. The van der Waals surface area contributed by atoms with Crippen molar-refractivity contribution in [2.75, 3.05) is 0 Å². The highest BCUT2D eigenvalue weighted by atomic mass is 32.1. The molecule has 14 heavy (non-hydrogen) atoms. The number of aryl methyl sites for hydroxylation is 1. The lowest BCUT2D eigenvalue weighted by molar-refractivity contribution is -0.118. The van der Waals surface area contributed by atoms with Gasteiger partial charge in [0.2, 0.25) is 0 Å². The average molecular weight is 209 g/mol. The quantitative estimate of drug-likeness (QED) is 0.746. The molecule has 1 saturated carbocycles. The summed E-state index contributed by atoms with van der Waals surface area (Å²) in [6.07, 6.45) is 5.06. The van der Waals surface area contributed by atoms with E-state index >= 15 is 0 Å². The molecule has 2 nitrogen and oxygen atoms in total. The summed E-state index contributed by atoms with van der Waals surface area (Å²) in [6.45, 7) is 1.98. The zero-order chi connectivity index (χ0) is 9.97. The molecule has 1 aliphatic rings. The maximum atomic E-state index is 11.5. The minimum Gasteiger partial charge on any atom is -0.299 e. The number of carbonyl (C=O) groups excluding carboxylic acids is 1. The summed E-state index contributed by atoms with van der Waals surface area (Å²) in [5.74, 6) is 1.21. The van der Waals surface area contributed by atoms with Crippen LogP contribution in [0.4, 0.5) is 0 Å². The van der Waals surface area contributed by atoms with Crippen molar-refractivity contribution in [1.82, 2.24) is 4.98 Å². The first-order chi connectivity index (χ1) is 6.74. The van der Waals surface area contributed by atoms with Gasteiger partial charge in [-0.05, 0) is 19.3 Å². The van der Waals surface area contributed by atoms with Gasteiger partial charge in [-0.25, -0.2) is 4.98 Å². The van der Waals surface area contributed by atoms with E-state index in [4.69, 9.17) is 0 Å². The molecule has 0 aromatic carbocycles. The highest BCUT2D eigenvalue weighted by molar-refractivity contribution is 7.09. The number of aromatic nitrogens is 1. The summed E-state index contributed by atoms with van der Waals surface area (Å²) >= 11 is 1.62. The normalized spacial score (nSPS) is 15.8. The van der Waals surface area contributed by atoms with Gasteiger partial charge >= 0.3 is 0 Å². The van der Waals surface area contributed by atoms with Crippen LogP contribution in [0.25, 0.3) is 0 Å². The SMILES string of the molecule is Cc1nc(CC(=O)CCC2CC2)cs1. The van der Waals surface area contributed by atoms with Crippen molar-refractivity contribution in [1.29, 1.82) is 0 Å². The number of thiazole rings is 1. The van der Waals surface area contributed by atoms with E-state index in [2.05, 4.69) is 4.98 Å². The number of hydrogen-bond acceptors (Lipinski definition) is 3. The van der Waals surface area contributed by atoms with Crippen molar-refractivity contribution < 1.29 is 4.79 Å². The number of Topliss-reactive ketones (excluding diaryl/α,β-unsaturated/α-hetero) is 1. The molecule has 1 aromatic rings. The van der Waals surface area contributed by atoms with Crippen LogP contribution in [0.2, 0.25) is 0 Å². The molecule has 0 unspecified atom stereocenters. The van der Waals surface area contributed by atoms with Crippen LogP contribution in [0.3, 0.4) is 0 Å². The molecule has 0 spiro atoms. The molecule has 0 radical (unpaired) electrons. The van der Waals surface area contributed by atoms with E-state index in [1.807, 2.05) is 12.3 Å². The first-order valence-electron chi connectivity index (χ1n) is 5.17. The summed E-state index contributed by atoms with van der Waals surface area (Å²) in [5.41, 5.74) is 0.952. The zero-order valence-corrected chi connectivity index (χ0v) is 9.27. The molecule has 2 rings (SSSR count). The van der Waals surface area contributed by atoms with Crippen LogP contribution in [0.15, 0.2) is 5.38 Å². The number of nitrogens with zero attached hydrogens (tertiary/aromatic N) is 1. The van der Waals surface area contributed by atoms with E-state index in [-0.39, 0.29) is 0 Å². The highest BCUT2D eigenvalue weighted by Gasteiger charge is 2.21. The van der Waals surface area contributed by atoms with Gasteiger partial charge in [-0.3, -0.25) is 4.79 Å². The Kier molecular flexibility index (Phi) is 2.96. The van der Waals surface area contributed by atoms with E-state index < -0.39 is 0 Å². The van der Waals surface area contributed by atoms with Gasteiger partial charge in [-0.15, -0.1) is 11.3 Å². The van der Waals surface area contributed by atoms with E-state index in [0.29, 0.717) is 12.2 Å². The van der Waals surface area contributed by atoms with E-state index in [1.165, 1.54) is 12.8 Å². The Balaban J connectivity index is 1.75. The van der Waals surface area contributed by atoms with Gasteiger partial charge in [0, 0.05) is 18.2 Å². The summed E-state index contributed by atoms with van der Waals surface area (Å²) in [6, 6.07) is 0. The lowest BCUT2D eigenvalue weighted by atomic mass is 10.1. The minimum atomic E-state index is 0.349. The van der Waals surface area contributed by atoms with Crippen LogP contribution in [-0.2, 0) is 11.2 Å². The van der Waals surface area contributed by atoms with Gasteiger partial charge in [-0.1, -0.05) is 12.8 Å². The van der Waals surface area contributed by atoms with Crippen molar-refractivity contribution in [3.63, 3.8) is 0 Å². The van der Waals surface area contributed by atoms with Gasteiger partial charge in [0.25, 0.3) is 0 Å². The van der Waals surface area contributed by atoms with E-state index in [9.17, 15) is 4.79 Å². The lowest BCUT2D eigenvalue weighted by Crippen LogP contribution is -2.03. The Labute approximate surface area is 88.4 Å². The van der Waals surface area contributed by atoms with Crippen LogP contribution in [0.1, 0.15) is 36.4 Å². The molecule has 0 aliphatic heterocycles. The topological polar surface area (TPSA) is 30.0 Å². The number of rotatable bonds is 5. The average Bonchev–Trinajstić information content (AvgIpc) is 2.88. The molecule has 76 valence electrons. The van der Waals surface area contributed by atoms with Gasteiger partial charge in [0.1, 0.15) is 5.78 Å².